The second-order valence-electron chi connectivity index (χ2n) is 6.70. The molecule has 2 aromatic carbocycles. The molecule has 1 fully saturated rings. The van der Waals surface area contributed by atoms with E-state index < -0.39 is 0 Å². The molecule has 1 aliphatic heterocycles. The van der Waals surface area contributed by atoms with Gasteiger partial charge in [-0.05, 0) is 37.9 Å². The summed E-state index contributed by atoms with van der Waals surface area (Å²) in [6.07, 6.45) is 0. The Bertz CT molecular complexity index is 855. The molecule has 1 heterocycles. The lowest BCUT2D eigenvalue weighted by atomic mass is 10.1. The largest absolute Gasteiger partial charge is 0.368 e. The van der Waals surface area contributed by atoms with Gasteiger partial charge in [0.1, 0.15) is 5.82 Å². The zero-order valence-electron chi connectivity index (χ0n) is 16.2. The van der Waals surface area contributed by atoms with Gasteiger partial charge in [0, 0.05) is 44.5 Å². The molecule has 2 aromatic rings. The Morgan fingerprint density at radius 3 is 2.21 bits per heavy atom. The normalized spacial score (nSPS) is 14.8. The van der Waals surface area contributed by atoms with Crippen LogP contribution in [0.25, 0.3) is 0 Å². The van der Waals surface area contributed by atoms with Crippen LogP contribution in [0, 0.1) is 12.7 Å². The van der Waals surface area contributed by atoms with Gasteiger partial charge in [0.25, 0.3) is 0 Å². The van der Waals surface area contributed by atoms with Gasteiger partial charge >= 0.3 is 6.03 Å². The van der Waals surface area contributed by atoms with Crippen molar-refractivity contribution < 1.29 is 9.18 Å². The highest BCUT2D eigenvalue weighted by atomic mass is 19.1. The molecule has 6 nitrogen and oxygen atoms in total. The molecule has 0 radical (unpaired) electrons. The minimum Gasteiger partial charge on any atom is -0.368 e. The van der Waals surface area contributed by atoms with Crippen molar-refractivity contribution in [3.8, 4) is 0 Å². The SMILES string of the molecule is C=NC(=NN(C)C(=O)N1CCN(c2ccc(F)cc2)CC1)c1ccc(C)cc1. The standard InChI is InChI=1S/C21H24FN5O/c1-16-4-6-17(7-5-16)20(23-2)24-25(3)21(28)27-14-12-26(13-15-27)19-10-8-18(22)9-11-19/h4-11H,2,12-15H2,1,3H3. The molecule has 0 atom stereocenters. The predicted molar refractivity (Wildman–Crippen MR) is 111 cm³/mol. The van der Waals surface area contributed by atoms with Crippen LogP contribution < -0.4 is 4.90 Å². The number of amidine groups is 1. The van der Waals surface area contributed by atoms with Crippen LogP contribution in [0.3, 0.4) is 0 Å². The third-order valence-corrected chi connectivity index (χ3v) is 4.72. The Balaban J connectivity index is 1.62. The van der Waals surface area contributed by atoms with Gasteiger partial charge in [0.2, 0.25) is 0 Å². The van der Waals surface area contributed by atoms with Gasteiger partial charge < -0.3 is 9.80 Å². The number of carbonyl (C=O) groups is 1. The molecule has 7 heteroatoms. The van der Waals surface area contributed by atoms with Crippen LogP contribution in [-0.4, -0.2) is 61.7 Å². The van der Waals surface area contributed by atoms with E-state index in [1.807, 2.05) is 31.2 Å². The number of aliphatic imine (C=N–C) groups is 1. The van der Waals surface area contributed by atoms with Crippen LogP contribution in [0.15, 0.2) is 58.6 Å². The lowest BCUT2D eigenvalue weighted by Crippen LogP contribution is -2.51. The molecular weight excluding hydrogens is 357 g/mol. The molecule has 0 bridgehead atoms. The van der Waals surface area contributed by atoms with Crippen molar-refractivity contribution in [2.45, 2.75) is 6.92 Å². The maximum Gasteiger partial charge on any atom is 0.340 e. The number of benzene rings is 2. The van der Waals surface area contributed by atoms with Gasteiger partial charge in [-0.25, -0.2) is 19.2 Å². The van der Waals surface area contributed by atoms with Crippen molar-refractivity contribution in [2.75, 3.05) is 38.1 Å². The summed E-state index contributed by atoms with van der Waals surface area (Å²) in [5.41, 5.74) is 2.90. The van der Waals surface area contributed by atoms with E-state index in [1.54, 1.807) is 24.1 Å². The number of anilines is 1. The molecule has 1 saturated heterocycles. The van der Waals surface area contributed by atoms with Crippen molar-refractivity contribution in [1.29, 1.82) is 0 Å². The van der Waals surface area contributed by atoms with Crippen molar-refractivity contribution in [3.05, 3.63) is 65.5 Å². The Hall–Kier alpha value is -3.22. The first-order valence-electron chi connectivity index (χ1n) is 9.13. The minimum absolute atomic E-state index is 0.188. The van der Waals surface area contributed by atoms with Gasteiger partial charge in [-0.3, -0.25) is 0 Å². The molecule has 3 rings (SSSR count). The van der Waals surface area contributed by atoms with Crippen molar-refractivity contribution >= 4 is 24.3 Å². The van der Waals surface area contributed by atoms with Crippen molar-refractivity contribution in [2.24, 2.45) is 10.1 Å². The lowest BCUT2D eigenvalue weighted by Gasteiger charge is -2.36. The number of halogens is 1. The molecule has 146 valence electrons. The summed E-state index contributed by atoms with van der Waals surface area (Å²) in [7, 11) is 1.62. The quantitative estimate of drug-likeness (QED) is 0.465. The summed E-state index contributed by atoms with van der Waals surface area (Å²) in [6.45, 7) is 8.07. The van der Waals surface area contributed by atoms with Gasteiger partial charge in [-0.15, -0.1) is 5.10 Å². The topological polar surface area (TPSA) is 51.5 Å². The van der Waals surface area contributed by atoms with E-state index in [0.29, 0.717) is 32.0 Å². The molecule has 2 amide bonds. The highest BCUT2D eigenvalue weighted by Gasteiger charge is 2.24. The van der Waals surface area contributed by atoms with Crippen LogP contribution in [0.4, 0.5) is 14.9 Å². The summed E-state index contributed by atoms with van der Waals surface area (Å²) in [5.74, 6) is 0.151. The van der Waals surface area contributed by atoms with Gasteiger partial charge in [-0.1, -0.05) is 29.8 Å². The van der Waals surface area contributed by atoms with E-state index in [0.717, 1.165) is 16.8 Å². The summed E-state index contributed by atoms with van der Waals surface area (Å²) < 4.78 is 13.1. The number of piperazine rings is 1. The van der Waals surface area contributed by atoms with E-state index >= 15 is 0 Å². The second kappa shape index (κ2) is 8.65. The van der Waals surface area contributed by atoms with E-state index in [4.69, 9.17) is 0 Å². The summed E-state index contributed by atoms with van der Waals surface area (Å²) >= 11 is 0. The van der Waals surface area contributed by atoms with E-state index in [9.17, 15) is 9.18 Å². The first-order valence-corrected chi connectivity index (χ1v) is 9.13. The maximum atomic E-state index is 13.1. The first-order chi connectivity index (χ1) is 13.5. The summed E-state index contributed by atoms with van der Waals surface area (Å²) in [6, 6.07) is 14.0. The Morgan fingerprint density at radius 2 is 1.64 bits per heavy atom. The number of hydrogen-bond donors (Lipinski definition) is 0. The van der Waals surface area contributed by atoms with Gasteiger partial charge in [0.15, 0.2) is 5.84 Å². The first kappa shape index (κ1) is 19.5. The highest BCUT2D eigenvalue weighted by Crippen LogP contribution is 2.17. The lowest BCUT2D eigenvalue weighted by molar-refractivity contribution is 0.161. The maximum absolute atomic E-state index is 13.1. The number of nitrogens with zero attached hydrogens (tertiary/aromatic N) is 5. The number of urea groups is 1. The third kappa shape index (κ3) is 4.54. The number of rotatable bonds is 3. The monoisotopic (exact) mass is 381 g/mol. The van der Waals surface area contributed by atoms with E-state index in [2.05, 4.69) is 21.7 Å². The Kier molecular flexibility index (Phi) is 6.03. The molecule has 0 aromatic heterocycles. The molecule has 0 saturated carbocycles. The number of aryl methyl sites for hydroxylation is 1. The summed E-state index contributed by atoms with van der Waals surface area (Å²) in [5, 5.41) is 5.63. The molecule has 0 spiro atoms. The summed E-state index contributed by atoms with van der Waals surface area (Å²) in [4.78, 5) is 20.6. The van der Waals surface area contributed by atoms with Crippen LogP contribution in [0.2, 0.25) is 0 Å². The van der Waals surface area contributed by atoms with Crippen LogP contribution in [-0.2, 0) is 0 Å². The van der Waals surface area contributed by atoms with E-state index in [1.165, 1.54) is 17.1 Å². The van der Waals surface area contributed by atoms with Crippen molar-refractivity contribution in [3.63, 3.8) is 0 Å². The molecule has 28 heavy (non-hydrogen) atoms. The fraction of sp³-hybridized carbons (Fsp3) is 0.286. The average molecular weight is 381 g/mol. The molecule has 0 N–H and O–H groups in total. The number of hydrazone groups is 1. The fourth-order valence-corrected chi connectivity index (χ4v) is 3.08. The predicted octanol–water partition coefficient (Wildman–Crippen LogP) is 3.37. The number of hydrogen-bond acceptors (Lipinski definition) is 3. The van der Waals surface area contributed by atoms with Crippen LogP contribution >= 0.6 is 0 Å². The second-order valence-corrected chi connectivity index (χ2v) is 6.70. The molecule has 0 aliphatic carbocycles. The van der Waals surface area contributed by atoms with Crippen LogP contribution in [0.5, 0.6) is 0 Å². The molecule has 1 aliphatic rings. The number of amides is 2. The van der Waals surface area contributed by atoms with Gasteiger partial charge in [0.05, 0.1) is 0 Å². The number of carbonyl (C=O) groups excluding carboxylic acids is 1. The average Bonchev–Trinajstić information content (AvgIpc) is 2.73. The molecular formula is C21H24FN5O. The third-order valence-electron chi connectivity index (χ3n) is 4.72. The van der Waals surface area contributed by atoms with Gasteiger partial charge in [-0.2, -0.15) is 0 Å². The zero-order valence-corrected chi connectivity index (χ0v) is 16.2. The smallest absolute Gasteiger partial charge is 0.340 e. The van der Waals surface area contributed by atoms with E-state index in [-0.39, 0.29) is 11.8 Å². The highest BCUT2D eigenvalue weighted by molar-refractivity contribution is 6.01. The van der Waals surface area contributed by atoms with Crippen molar-refractivity contribution in [1.82, 2.24) is 9.91 Å². The Labute approximate surface area is 164 Å². The minimum atomic E-state index is -0.253. The Morgan fingerprint density at radius 1 is 1.04 bits per heavy atom. The fourth-order valence-electron chi connectivity index (χ4n) is 3.08. The molecule has 0 unspecified atom stereocenters. The van der Waals surface area contributed by atoms with Crippen LogP contribution in [0.1, 0.15) is 11.1 Å². The zero-order chi connectivity index (χ0) is 20.1.